The second kappa shape index (κ2) is 22.3. The van der Waals surface area contributed by atoms with Crippen molar-refractivity contribution in [2.45, 2.75) is 69.9 Å². The Morgan fingerprint density at radius 3 is 1.57 bits per heavy atom. The van der Waals surface area contributed by atoms with Crippen molar-refractivity contribution in [1.82, 2.24) is 16.0 Å². The van der Waals surface area contributed by atoms with Gasteiger partial charge in [0.1, 0.15) is 37.9 Å². The number of amides is 3. The van der Waals surface area contributed by atoms with Gasteiger partial charge in [-0.2, -0.15) is 11.8 Å². The first kappa shape index (κ1) is 40.2. The van der Waals surface area contributed by atoms with Gasteiger partial charge < -0.3 is 30.2 Å². The van der Waals surface area contributed by atoms with Gasteiger partial charge in [-0.1, -0.05) is 121 Å². The van der Waals surface area contributed by atoms with E-state index in [9.17, 15) is 24.0 Å². The van der Waals surface area contributed by atoms with Crippen molar-refractivity contribution < 1.29 is 38.2 Å². The zero-order valence-corrected chi connectivity index (χ0v) is 30.4. The summed E-state index contributed by atoms with van der Waals surface area (Å²) in [4.78, 5) is 65.0. The fourth-order valence-corrected chi connectivity index (χ4v) is 6.01. The maximum absolute atomic E-state index is 13.4. The summed E-state index contributed by atoms with van der Waals surface area (Å²) in [6, 6.07) is 34.1. The van der Waals surface area contributed by atoms with Crippen LogP contribution in [0.25, 0.3) is 0 Å². The molecule has 3 atom stereocenters. The fraction of sp³-hybridized carbons (Fsp3) is 0.293. The van der Waals surface area contributed by atoms with Gasteiger partial charge in [0, 0.05) is 17.9 Å². The van der Waals surface area contributed by atoms with E-state index in [0.717, 1.165) is 22.3 Å². The fourth-order valence-electron chi connectivity index (χ4n) is 5.00. The molecular weight excluding hydrogens is 695 g/mol. The highest BCUT2D eigenvalue weighted by molar-refractivity contribution is 7.98. The number of carbonyl (C=O) groups excluding carboxylic acids is 5. The van der Waals surface area contributed by atoms with E-state index in [0.29, 0.717) is 5.75 Å². The lowest BCUT2D eigenvalue weighted by Crippen LogP contribution is -2.52. The predicted molar refractivity (Wildman–Crippen MR) is 202 cm³/mol. The molecule has 0 aliphatic heterocycles. The molecule has 4 aromatic rings. The van der Waals surface area contributed by atoms with Crippen molar-refractivity contribution in [3.05, 3.63) is 144 Å². The summed E-state index contributed by atoms with van der Waals surface area (Å²) in [5.41, 5.74) is 3.43. The van der Waals surface area contributed by atoms with E-state index in [1.54, 1.807) is 0 Å². The number of rotatable bonds is 20. The van der Waals surface area contributed by atoms with Crippen molar-refractivity contribution in [3.63, 3.8) is 0 Å². The minimum absolute atomic E-state index is 0.00701. The molecule has 0 aromatic heterocycles. The van der Waals surface area contributed by atoms with Gasteiger partial charge in [0.2, 0.25) is 11.8 Å². The molecule has 53 heavy (non-hydrogen) atoms. The first-order chi connectivity index (χ1) is 25.8. The van der Waals surface area contributed by atoms with E-state index in [4.69, 9.17) is 14.2 Å². The minimum Gasteiger partial charge on any atom is -0.459 e. The lowest BCUT2D eigenvalue weighted by molar-refractivity contribution is -0.149. The zero-order chi connectivity index (χ0) is 37.7. The Morgan fingerprint density at radius 2 is 1.04 bits per heavy atom. The number of hydrogen-bond acceptors (Lipinski definition) is 9. The summed E-state index contributed by atoms with van der Waals surface area (Å²) in [5, 5.41) is 8.02. The van der Waals surface area contributed by atoms with E-state index < -0.39 is 48.0 Å². The van der Waals surface area contributed by atoms with Crippen LogP contribution in [0.5, 0.6) is 0 Å². The number of hydrogen-bond donors (Lipinski definition) is 3. The minimum atomic E-state index is -1.09. The van der Waals surface area contributed by atoms with Crippen LogP contribution in [0.15, 0.2) is 121 Å². The van der Waals surface area contributed by atoms with Crippen molar-refractivity contribution >= 4 is 41.6 Å². The third-order valence-electron chi connectivity index (χ3n) is 7.89. The molecule has 4 aromatic carbocycles. The summed E-state index contributed by atoms with van der Waals surface area (Å²) in [7, 11) is 0. The van der Waals surface area contributed by atoms with Crippen molar-refractivity contribution in [2.75, 3.05) is 5.75 Å². The average Bonchev–Trinajstić information content (AvgIpc) is 3.19. The van der Waals surface area contributed by atoms with Crippen molar-refractivity contribution in [1.29, 1.82) is 0 Å². The summed E-state index contributed by atoms with van der Waals surface area (Å²) >= 11 is 1.46. The number of esters is 2. The standard InChI is InChI=1S/C41H45N3O8S/c1-30(39(47)50-25-31-15-6-2-7-16-31)42-38(46)36(29-53-28-34-21-12-5-13-22-34)43-37(45)24-14-23-35(40(48)51-26-32-17-8-3-9-18-32)44-41(49)52-27-33-19-10-4-11-20-33/h2-13,15-22,30,35-36H,14,23-29H2,1H3,(H,42,46)(H,43,45)(H,44,49). The van der Waals surface area contributed by atoms with Gasteiger partial charge in [0.15, 0.2) is 0 Å². The number of thioether (sulfide) groups is 1. The molecule has 12 heteroatoms. The molecule has 0 saturated carbocycles. The Balaban J connectivity index is 1.32. The largest absolute Gasteiger partial charge is 0.459 e. The van der Waals surface area contributed by atoms with Crippen LogP contribution in [0.3, 0.4) is 0 Å². The number of benzene rings is 4. The van der Waals surface area contributed by atoms with E-state index in [1.165, 1.54) is 18.7 Å². The SMILES string of the molecule is CC(NC(=O)C(CSCc1ccccc1)NC(=O)CCCC(NC(=O)OCc1ccccc1)C(=O)OCc1ccccc1)C(=O)OCc1ccccc1. The maximum Gasteiger partial charge on any atom is 0.408 e. The van der Waals surface area contributed by atoms with Crippen LogP contribution in [0.1, 0.15) is 48.4 Å². The third-order valence-corrected chi connectivity index (χ3v) is 9.00. The topological polar surface area (TPSA) is 149 Å². The first-order valence-corrected chi connectivity index (χ1v) is 18.5. The number of nitrogens with one attached hydrogen (secondary N) is 3. The Morgan fingerprint density at radius 1 is 0.566 bits per heavy atom. The van der Waals surface area contributed by atoms with Crippen molar-refractivity contribution in [3.8, 4) is 0 Å². The third kappa shape index (κ3) is 15.3. The molecule has 0 fully saturated rings. The van der Waals surface area contributed by atoms with Gasteiger partial charge in [-0.3, -0.25) is 9.59 Å². The van der Waals surface area contributed by atoms with Gasteiger partial charge in [-0.15, -0.1) is 0 Å². The molecule has 3 N–H and O–H groups in total. The van der Waals surface area contributed by atoms with Crippen LogP contribution in [-0.4, -0.2) is 53.7 Å². The van der Waals surface area contributed by atoms with Crippen LogP contribution in [0.2, 0.25) is 0 Å². The summed E-state index contributed by atoms with van der Waals surface area (Å²) in [6.45, 7) is 1.60. The summed E-state index contributed by atoms with van der Waals surface area (Å²) in [6.07, 6.45) is -0.594. The molecule has 0 radical (unpaired) electrons. The zero-order valence-electron chi connectivity index (χ0n) is 29.6. The second-order valence-electron chi connectivity index (χ2n) is 12.2. The number of alkyl carbamates (subject to hydrolysis) is 1. The first-order valence-electron chi connectivity index (χ1n) is 17.4. The van der Waals surface area contributed by atoms with E-state index in [-0.39, 0.29) is 44.8 Å². The molecule has 0 aliphatic carbocycles. The lowest BCUT2D eigenvalue weighted by Gasteiger charge is -2.21. The van der Waals surface area contributed by atoms with Gasteiger partial charge in [0.25, 0.3) is 0 Å². The van der Waals surface area contributed by atoms with Crippen molar-refractivity contribution in [2.24, 2.45) is 0 Å². The normalized spacial score (nSPS) is 12.3. The van der Waals surface area contributed by atoms with Crippen LogP contribution in [-0.2, 0) is 59.0 Å². The van der Waals surface area contributed by atoms with Crippen LogP contribution < -0.4 is 16.0 Å². The van der Waals surface area contributed by atoms with Gasteiger partial charge in [0.05, 0.1) is 0 Å². The van der Waals surface area contributed by atoms with E-state index in [2.05, 4.69) is 16.0 Å². The maximum atomic E-state index is 13.4. The molecular formula is C41H45N3O8S. The molecule has 3 unspecified atom stereocenters. The van der Waals surface area contributed by atoms with Gasteiger partial charge >= 0.3 is 18.0 Å². The average molecular weight is 740 g/mol. The highest BCUT2D eigenvalue weighted by Crippen LogP contribution is 2.14. The molecule has 0 bridgehead atoms. The Hall–Kier alpha value is -5.62. The second-order valence-corrected chi connectivity index (χ2v) is 13.2. The van der Waals surface area contributed by atoms with E-state index >= 15 is 0 Å². The summed E-state index contributed by atoms with van der Waals surface area (Å²) in [5.74, 6) is -1.41. The smallest absolute Gasteiger partial charge is 0.408 e. The van der Waals surface area contributed by atoms with Crippen LogP contribution >= 0.6 is 11.8 Å². The van der Waals surface area contributed by atoms with Gasteiger partial charge in [-0.05, 0) is 42.0 Å². The number of ether oxygens (including phenoxy) is 3. The molecule has 3 amide bonds. The monoisotopic (exact) mass is 739 g/mol. The highest BCUT2D eigenvalue weighted by Gasteiger charge is 2.27. The lowest BCUT2D eigenvalue weighted by atomic mass is 10.1. The van der Waals surface area contributed by atoms with Crippen LogP contribution in [0.4, 0.5) is 4.79 Å². The molecule has 0 heterocycles. The molecule has 0 aliphatic rings. The Kier molecular flexibility index (Phi) is 16.9. The Labute approximate surface area is 314 Å². The van der Waals surface area contributed by atoms with E-state index in [1.807, 2.05) is 121 Å². The molecule has 4 rings (SSSR count). The number of carbonyl (C=O) groups is 5. The predicted octanol–water partition coefficient (Wildman–Crippen LogP) is 5.86. The Bertz CT molecular complexity index is 1730. The molecule has 0 spiro atoms. The quantitative estimate of drug-likeness (QED) is 0.0749. The van der Waals surface area contributed by atoms with Gasteiger partial charge in [-0.25, -0.2) is 14.4 Å². The summed E-state index contributed by atoms with van der Waals surface area (Å²) < 4.78 is 16.2. The molecule has 278 valence electrons. The molecule has 0 saturated heterocycles. The van der Waals surface area contributed by atoms with Crippen LogP contribution in [0, 0.1) is 0 Å². The highest BCUT2D eigenvalue weighted by atomic mass is 32.2. The molecule has 11 nitrogen and oxygen atoms in total.